The quantitative estimate of drug-likeness (QED) is 0.792. The van der Waals surface area contributed by atoms with E-state index in [2.05, 4.69) is 0 Å². The number of nitrogens with zero attached hydrogens (tertiary/aromatic N) is 1. The molecule has 1 aromatic heterocycles. The van der Waals surface area contributed by atoms with Crippen LogP contribution in [0.2, 0.25) is 0 Å². The molecule has 1 unspecified atom stereocenters. The van der Waals surface area contributed by atoms with E-state index < -0.39 is 5.97 Å². The van der Waals surface area contributed by atoms with Gasteiger partial charge in [0.1, 0.15) is 11.5 Å². The van der Waals surface area contributed by atoms with E-state index in [9.17, 15) is 4.79 Å². The van der Waals surface area contributed by atoms with Gasteiger partial charge in [-0.1, -0.05) is 6.92 Å². The average Bonchev–Trinajstić information content (AvgIpc) is 2.68. The molecular weight excluding hydrogens is 218 g/mol. The van der Waals surface area contributed by atoms with Crippen molar-refractivity contribution in [2.24, 2.45) is 5.92 Å². The zero-order valence-electron chi connectivity index (χ0n) is 10.8. The molecule has 0 amide bonds. The maximum absolute atomic E-state index is 10.9. The molecule has 1 aromatic rings. The van der Waals surface area contributed by atoms with Gasteiger partial charge in [-0.25, -0.2) is 0 Å². The minimum atomic E-state index is -0.715. The Balaban J connectivity index is 2.34. The number of hydrogen-bond donors (Lipinski definition) is 1. The molecular formula is C13H21NO3. The molecule has 1 N–H and O–H groups in total. The summed E-state index contributed by atoms with van der Waals surface area (Å²) in [4.78, 5) is 12.9. The van der Waals surface area contributed by atoms with Crippen molar-refractivity contribution in [1.29, 1.82) is 0 Å². The largest absolute Gasteiger partial charge is 0.481 e. The monoisotopic (exact) mass is 239 g/mol. The Morgan fingerprint density at radius 2 is 2.24 bits per heavy atom. The second-order valence-electron chi connectivity index (χ2n) is 4.47. The minimum absolute atomic E-state index is 0.279. The molecule has 0 radical (unpaired) electrons. The Morgan fingerprint density at radius 3 is 2.71 bits per heavy atom. The number of carboxylic acids is 1. The molecule has 1 rings (SSSR count). The van der Waals surface area contributed by atoms with Gasteiger partial charge >= 0.3 is 5.97 Å². The van der Waals surface area contributed by atoms with E-state index >= 15 is 0 Å². The molecule has 0 bridgehead atoms. The summed E-state index contributed by atoms with van der Waals surface area (Å²) in [5, 5.41) is 8.97. The van der Waals surface area contributed by atoms with Gasteiger partial charge in [0.25, 0.3) is 0 Å². The van der Waals surface area contributed by atoms with Crippen LogP contribution in [0, 0.1) is 12.8 Å². The number of aliphatic carboxylic acids is 1. The summed E-state index contributed by atoms with van der Waals surface area (Å²) in [6, 6.07) is 3.92. The Hall–Kier alpha value is -1.29. The number of likely N-dealkylation sites (N-methyl/N-ethyl adjacent to an activating group) is 1. The van der Waals surface area contributed by atoms with Crippen LogP contribution in [0.3, 0.4) is 0 Å². The highest BCUT2D eigenvalue weighted by molar-refractivity contribution is 5.70. The predicted molar refractivity (Wildman–Crippen MR) is 66.1 cm³/mol. The van der Waals surface area contributed by atoms with Gasteiger partial charge in [0.2, 0.25) is 0 Å². The fourth-order valence-electron chi connectivity index (χ4n) is 1.77. The summed E-state index contributed by atoms with van der Waals surface area (Å²) in [5.41, 5.74) is 0. The molecule has 4 nitrogen and oxygen atoms in total. The highest BCUT2D eigenvalue weighted by Gasteiger charge is 2.17. The lowest BCUT2D eigenvalue weighted by Gasteiger charge is -2.19. The second-order valence-corrected chi connectivity index (χ2v) is 4.47. The summed E-state index contributed by atoms with van der Waals surface area (Å²) < 4.78 is 5.47. The van der Waals surface area contributed by atoms with Gasteiger partial charge in [-0.2, -0.15) is 0 Å². The maximum atomic E-state index is 10.9. The van der Waals surface area contributed by atoms with Crippen LogP contribution in [0.1, 0.15) is 24.9 Å². The molecule has 96 valence electrons. The topological polar surface area (TPSA) is 53.7 Å². The van der Waals surface area contributed by atoms with Gasteiger partial charge < -0.3 is 14.4 Å². The van der Waals surface area contributed by atoms with Crippen LogP contribution in [-0.2, 0) is 11.2 Å². The van der Waals surface area contributed by atoms with Crippen molar-refractivity contribution < 1.29 is 14.3 Å². The third-order valence-electron chi connectivity index (χ3n) is 2.91. The van der Waals surface area contributed by atoms with Gasteiger partial charge in [-0.05, 0) is 32.5 Å². The maximum Gasteiger partial charge on any atom is 0.307 e. The molecule has 0 fully saturated rings. The van der Waals surface area contributed by atoms with E-state index in [1.807, 2.05) is 37.9 Å². The lowest BCUT2D eigenvalue weighted by atomic mass is 10.1. The van der Waals surface area contributed by atoms with E-state index in [4.69, 9.17) is 9.52 Å². The predicted octanol–water partition coefficient (Wildman–Crippen LogP) is 2.17. The second kappa shape index (κ2) is 6.45. The van der Waals surface area contributed by atoms with Crippen molar-refractivity contribution in [2.75, 3.05) is 20.1 Å². The fourth-order valence-corrected chi connectivity index (χ4v) is 1.77. The Bertz CT molecular complexity index is 359. The van der Waals surface area contributed by atoms with Crippen molar-refractivity contribution >= 4 is 5.97 Å². The molecule has 0 aromatic carbocycles. The number of carbonyl (C=O) groups is 1. The van der Waals surface area contributed by atoms with E-state index in [0.29, 0.717) is 13.0 Å². The van der Waals surface area contributed by atoms with Crippen molar-refractivity contribution in [2.45, 2.75) is 26.7 Å². The van der Waals surface area contributed by atoms with Gasteiger partial charge in [-0.3, -0.25) is 4.79 Å². The number of hydrogen-bond acceptors (Lipinski definition) is 3. The first kappa shape index (κ1) is 13.8. The molecule has 1 heterocycles. The Labute approximate surface area is 102 Å². The molecule has 0 spiro atoms. The molecule has 17 heavy (non-hydrogen) atoms. The smallest absolute Gasteiger partial charge is 0.307 e. The molecule has 0 saturated heterocycles. The van der Waals surface area contributed by atoms with E-state index in [1.165, 1.54) is 0 Å². The number of furan rings is 1. The third-order valence-corrected chi connectivity index (χ3v) is 2.91. The molecule has 1 atom stereocenters. The summed E-state index contributed by atoms with van der Waals surface area (Å²) in [7, 11) is 1.95. The van der Waals surface area contributed by atoms with E-state index in [1.54, 1.807) is 0 Å². The summed E-state index contributed by atoms with van der Waals surface area (Å²) in [5.74, 6) is 0.879. The molecule has 0 aliphatic carbocycles. The first-order valence-electron chi connectivity index (χ1n) is 5.99. The van der Waals surface area contributed by atoms with Crippen LogP contribution in [0.15, 0.2) is 16.5 Å². The van der Waals surface area contributed by atoms with Crippen molar-refractivity contribution in [3.63, 3.8) is 0 Å². The van der Waals surface area contributed by atoms with Crippen LogP contribution in [0.25, 0.3) is 0 Å². The van der Waals surface area contributed by atoms with Crippen LogP contribution < -0.4 is 0 Å². The first-order chi connectivity index (χ1) is 8.02. The molecule has 0 aliphatic rings. The van der Waals surface area contributed by atoms with Gasteiger partial charge in [0.05, 0.1) is 5.92 Å². The SMILES string of the molecule is CCC(CN(C)CCc1ccc(C)o1)C(=O)O. The van der Waals surface area contributed by atoms with E-state index in [-0.39, 0.29) is 5.92 Å². The Morgan fingerprint density at radius 1 is 1.53 bits per heavy atom. The number of rotatable bonds is 7. The zero-order chi connectivity index (χ0) is 12.8. The van der Waals surface area contributed by atoms with Gasteiger partial charge in [0, 0.05) is 19.5 Å². The zero-order valence-corrected chi connectivity index (χ0v) is 10.8. The van der Waals surface area contributed by atoms with Gasteiger partial charge in [-0.15, -0.1) is 0 Å². The normalized spacial score (nSPS) is 12.9. The van der Waals surface area contributed by atoms with Crippen LogP contribution in [-0.4, -0.2) is 36.1 Å². The molecule has 4 heteroatoms. The van der Waals surface area contributed by atoms with Crippen molar-refractivity contribution in [1.82, 2.24) is 4.90 Å². The summed E-state index contributed by atoms with van der Waals surface area (Å²) in [6.07, 6.45) is 1.49. The van der Waals surface area contributed by atoms with Crippen LogP contribution in [0.4, 0.5) is 0 Å². The van der Waals surface area contributed by atoms with Crippen LogP contribution >= 0.6 is 0 Å². The van der Waals surface area contributed by atoms with Crippen molar-refractivity contribution in [3.8, 4) is 0 Å². The number of carboxylic acid groups (broad SMARTS) is 1. The lowest BCUT2D eigenvalue weighted by molar-refractivity contribution is -0.142. The highest BCUT2D eigenvalue weighted by atomic mass is 16.4. The lowest BCUT2D eigenvalue weighted by Crippen LogP contribution is -2.31. The fraction of sp³-hybridized carbons (Fsp3) is 0.615. The Kier molecular flexibility index (Phi) is 5.22. The highest BCUT2D eigenvalue weighted by Crippen LogP contribution is 2.09. The number of aryl methyl sites for hydroxylation is 1. The summed E-state index contributed by atoms with van der Waals surface area (Å²) in [6.45, 7) is 5.23. The van der Waals surface area contributed by atoms with Crippen LogP contribution in [0.5, 0.6) is 0 Å². The standard InChI is InChI=1S/C13H21NO3/c1-4-11(13(15)16)9-14(3)8-7-12-6-5-10(2)17-12/h5-6,11H,4,7-9H2,1-3H3,(H,15,16). The average molecular weight is 239 g/mol. The third kappa shape index (κ3) is 4.61. The van der Waals surface area contributed by atoms with E-state index in [0.717, 1.165) is 24.5 Å². The summed E-state index contributed by atoms with van der Waals surface area (Å²) >= 11 is 0. The first-order valence-corrected chi connectivity index (χ1v) is 5.99. The minimum Gasteiger partial charge on any atom is -0.481 e. The van der Waals surface area contributed by atoms with Crippen molar-refractivity contribution in [3.05, 3.63) is 23.7 Å². The van der Waals surface area contributed by atoms with Gasteiger partial charge in [0.15, 0.2) is 0 Å². The molecule has 0 saturated carbocycles. The molecule has 0 aliphatic heterocycles.